The molecule has 0 aliphatic carbocycles. The normalized spacial score (nSPS) is 10.2. The standard InChI is InChI=1S/C10H8FN3O/c11-9-8(12)6-13-14(10(9)15)7-4-2-1-3-5-7/h1-6H,12H2. The zero-order valence-electron chi connectivity index (χ0n) is 7.72. The zero-order valence-corrected chi connectivity index (χ0v) is 7.72. The van der Waals surface area contributed by atoms with E-state index in [1.807, 2.05) is 0 Å². The molecule has 0 atom stereocenters. The number of anilines is 1. The van der Waals surface area contributed by atoms with E-state index in [1.54, 1.807) is 30.3 Å². The number of para-hydroxylation sites is 1. The Morgan fingerprint density at radius 1 is 1.27 bits per heavy atom. The third-order valence-electron chi connectivity index (χ3n) is 1.95. The number of hydrogen-bond donors (Lipinski definition) is 1. The molecule has 0 bridgehead atoms. The molecular weight excluding hydrogens is 197 g/mol. The van der Waals surface area contributed by atoms with E-state index in [4.69, 9.17) is 5.73 Å². The van der Waals surface area contributed by atoms with Gasteiger partial charge in [-0.05, 0) is 12.1 Å². The average Bonchev–Trinajstić information content (AvgIpc) is 2.27. The van der Waals surface area contributed by atoms with Crippen molar-refractivity contribution in [2.24, 2.45) is 0 Å². The van der Waals surface area contributed by atoms with Crippen molar-refractivity contribution in [1.82, 2.24) is 9.78 Å². The molecule has 15 heavy (non-hydrogen) atoms. The number of rotatable bonds is 1. The summed E-state index contributed by atoms with van der Waals surface area (Å²) in [7, 11) is 0. The van der Waals surface area contributed by atoms with Crippen LogP contribution in [0.15, 0.2) is 41.3 Å². The highest BCUT2D eigenvalue weighted by molar-refractivity contribution is 5.37. The third-order valence-corrected chi connectivity index (χ3v) is 1.95. The van der Waals surface area contributed by atoms with Gasteiger partial charge in [0.2, 0.25) is 5.82 Å². The van der Waals surface area contributed by atoms with Gasteiger partial charge in [0, 0.05) is 0 Å². The van der Waals surface area contributed by atoms with Gasteiger partial charge in [0.1, 0.15) is 0 Å². The average molecular weight is 205 g/mol. The second-order valence-corrected chi connectivity index (χ2v) is 2.97. The van der Waals surface area contributed by atoms with Crippen LogP contribution < -0.4 is 11.3 Å². The fraction of sp³-hybridized carbons (Fsp3) is 0. The van der Waals surface area contributed by atoms with Gasteiger partial charge in [-0.3, -0.25) is 4.79 Å². The molecule has 0 aliphatic heterocycles. The highest BCUT2D eigenvalue weighted by Crippen LogP contribution is 2.05. The Morgan fingerprint density at radius 2 is 1.93 bits per heavy atom. The van der Waals surface area contributed by atoms with Gasteiger partial charge in [0.05, 0.1) is 17.6 Å². The van der Waals surface area contributed by atoms with Crippen molar-refractivity contribution < 1.29 is 4.39 Å². The number of nitrogens with two attached hydrogens (primary N) is 1. The lowest BCUT2D eigenvalue weighted by Crippen LogP contribution is -2.25. The summed E-state index contributed by atoms with van der Waals surface area (Å²) in [6.07, 6.45) is 1.11. The molecule has 0 unspecified atom stereocenters. The second-order valence-electron chi connectivity index (χ2n) is 2.97. The van der Waals surface area contributed by atoms with E-state index in [1.165, 1.54) is 0 Å². The van der Waals surface area contributed by atoms with Gasteiger partial charge < -0.3 is 5.73 Å². The van der Waals surface area contributed by atoms with Crippen LogP contribution in [0.3, 0.4) is 0 Å². The first-order chi connectivity index (χ1) is 7.20. The molecule has 2 N–H and O–H groups in total. The van der Waals surface area contributed by atoms with Crippen molar-refractivity contribution in [2.75, 3.05) is 5.73 Å². The topological polar surface area (TPSA) is 60.9 Å². The minimum absolute atomic E-state index is 0.243. The van der Waals surface area contributed by atoms with Gasteiger partial charge in [-0.1, -0.05) is 18.2 Å². The molecule has 2 rings (SSSR count). The van der Waals surface area contributed by atoms with Crippen LogP contribution >= 0.6 is 0 Å². The van der Waals surface area contributed by atoms with Crippen LogP contribution in [0.1, 0.15) is 0 Å². The molecule has 0 radical (unpaired) electrons. The molecule has 0 saturated heterocycles. The second kappa shape index (κ2) is 3.53. The van der Waals surface area contributed by atoms with Crippen molar-refractivity contribution in [3.63, 3.8) is 0 Å². The van der Waals surface area contributed by atoms with Gasteiger partial charge in [0.25, 0.3) is 0 Å². The predicted octanol–water partition coefficient (Wildman–Crippen LogP) is 0.954. The summed E-state index contributed by atoms with van der Waals surface area (Å²) < 4.78 is 14.1. The van der Waals surface area contributed by atoms with E-state index in [2.05, 4.69) is 5.10 Å². The molecule has 2 aromatic rings. The van der Waals surface area contributed by atoms with Crippen LogP contribution in [-0.2, 0) is 0 Å². The van der Waals surface area contributed by atoms with Crippen molar-refractivity contribution in [3.8, 4) is 5.69 Å². The summed E-state index contributed by atoms with van der Waals surface area (Å²) in [6, 6.07) is 8.58. The van der Waals surface area contributed by atoms with Crippen LogP contribution in [0.4, 0.5) is 10.1 Å². The molecule has 1 aromatic carbocycles. The van der Waals surface area contributed by atoms with Crippen molar-refractivity contribution in [2.45, 2.75) is 0 Å². The van der Waals surface area contributed by atoms with Gasteiger partial charge >= 0.3 is 5.56 Å². The Morgan fingerprint density at radius 3 is 2.60 bits per heavy atom. The molecule has 0 fully saturated rings. The van der Waals surface area contributed by atoms with Crippen LogP contribution in [0.25, 0.3) is 5.69 Å². The largest absolute Gasteiger partial charge is 0.395 e. The fourth-order valence-electron chi connectivity index (χ4n) is 1.20. The number of benzene rings is 1. The Hall–Kier alpha value is -2.17. The highest BCUT2D eigenvalue weighted by Gasteiger charge is 2.08. The van der Waals surface area contributed by atoms with Crippen molar-refractivity contribution in [1.29, 1.82) is 0 Å². The smallest absolute Gasteiger partial charge is 0.309 e. The molecule has 1 heterocycles. The summed E-state index contributed by atoms with van der Waals surface area (Å²) in [4.78, 5) is 11.4. The minimum atomic E-state index is -0.978. The van der Waals surface area contributed by atoms with Crippen molar-refractivity contribution >= 4 is 5.69 Å². The Kier molecular flexibility index (Phi) is 2.21. The van der Waals surface area contributed by atoms with E-state index in [0.29, 0.717) is 5.69 Å². The monoisotopic (exact) mass is 205 g/mol. The van der Waals surface area contributed by atoms with Gasteiger partial charge in [-0.25, -0.2) is 0 Å². The van der Waals surface area contributed by atoms with Gasteiger partial charge in [0.15, 0.2) is 0 Å². The summed E-state index contributed by atoms with van der Waals surface area (Å²) in [5, 5.41) is 3.75. The maximum atomic E-state index is 13.2. The quantitative estimate of drug-likeness (QED) is 0.754. The van der Waals surface area contributed by atoms with E-state index >= 15 is 0 Å². The maximum Gasteiger partial charge on any atom is 0.309 e. The van der Waals surface area contributed by atoms with Crippen LogP contribution in [0, 0.1) is 5.82 Å². The molecule has 0 amide bonds. The van der Waals surface area contributed by atoms with Gasteiger partial charge in [-0.15, -0.1) is 0 Å². The predicted molar refractivity (Wildman–Crippen MR) is 54.2 cm³/mol. The summed E-state index contributed by atoms with van der Waals surface area (Å²) in [5.74, 6) is -0.978. The Labute approximate surface area is 84.8 Å². The SMILES string of the molecule is Nc1cnn(-c2ccccc2)c(=O)c1F. The fourth-order valence-corrected chi connectivity index (χ4v) is 1.20. The van der Waals surface area contributed by atoms with Crippen LogP contribution in [0.2, 0.25) is 0 Å². The van der Waals surface area contributed by atoms with Crippen LogP contribution in [-0.4, -0.2) is 9.78 Å². The van der Waals surface area contributed by atoms with E-state index < -0.39 is 11.4 Å². The third kappa shape index (κ3) is 1.59. The summed E-state index contributed by atoms with van der Waals surface area (Å²) in [5.41, 5.74) is 4.63. The van der Waals surface area contributed by atoms with E-state index in [-0.39, 0.29) is 5.69 Å². The lowest BCUT2D eigenvalue weighted by atomic mass is 10.3. The number of nitrogen functional groups attached to an aromatic ring is 1. The molecular formula is C10H8FN3O. The number of halogens is 1. The molecule has 5 heteroatoms. The molecule has 0 saturated carbocycles. The molecule has 0 spiro atoms. The Balaban J connectivity index is 2.66. The molecule has 4 nitrogen and oxygen atoms in total. The van der Waals surface area contributed by atoms with E-state index in [0.717, 1.165) is 10.9 Å². The first-order valence-electron chi connectivity index (χ1n) is 4.29. The van der Waals surface area contributed by atoms with Crippen LogP contribution in [0.5, 0.6) is 0 Å². The first kappa shape index (κ1) is 9.39. The van der Waals surface area contributed by atoms with E-state index in [9.17, 15) is 9.18 Å². The maximum absolute atomic E-state index is 13.2. The molecule has 0 aliphatic rings. The summed E-state index contributed by atoms with van der Waals surface area (Å²) in [6.45, 7) is 0. The first-order valence-corrected chi connectivity index (χ1v) is 4.29. The number of nitrogens with zero attached hydrogens (tertiary/aromatic N) is 2. The number of hydrogen-bond acceptors (Lipinski definition) is 3. The Bertz CT molecular complexity index is 536. The molecule has 76 valence electrons. The number of aromatic nitrogens is 2. The van der Waals surface area contributed by atoms with Crippen molar-refractivity contribution in [3.05, 3.63) is 52.7 Å². The zero-order chi connectivity index (χ0) is 10.8. The lowest BCUT2D eigenvalue weighted by Gasteiger charge is -2.04. The van der Waals surface area contributed by atoms with Gasteiger partial charge in [-0.2, -0.15) is 14.2 Å². The minimum Gasteiger partial charge on any atom is -0.395 e. The highest BCUT2D eigenvalue weighted by atomic mass is 19.1. The summed E-state index contributed by atoms with van der Waals surface area (Å²) >= 11 is 0. The molecule has 1 aromatic heterocycles. The lowest BCUT2D eigenvalue weighted by molar-refractivity contribution is 0.588.